The monoisotopic (exact) mass is 477 g/mol. The van der Waals surface area contributed by atoms with Gasteiger partial charge in [0.05, 0.1) is 24.6 Å². The number of piperazine rings is 1. The van der Waals surface area contributed by atoms with Crippen molar-refractivity contribution in [3.05, 3.63) is 53.9 Å². The van der Waals surface area contributed by atoms with Crippen molar-refractivity contribution in [3.63, 3.8) is 0 Å². The largest absolute Gasteiger partial charge is 0.368 e. The number of aromatic nitrogens is 1. The van der Waals surface area contributed by atoms with Gasteiger partial charge in [-0.05, 0) is 68.9 Å². The molecule has 4 rings (SSSR count). The van der Waals surface area contributed by atoms with Crippen LogP contribution in [0, 0.1) is 5.41 Å². The van der Waals surface area contributed by atoms with Crippen LogP contribution >= 0.6 is 0 Å². The molecule has 2 aliphatic carbocycles. The fourth-order valence-electron chi connectivity index (χ4n) is 6.18. The highest BCUT2D eigenvalue weighted by Crippen LogP contribution is 2.50. The highest BCUT2D eigenvalue weighted by atomic mass is 15.3. The summed E-state index contributed by atoms with van der Waals surface area (Å²) in [7, 11) is 4.25. The van der Waals surface area contributed by atoms with Crippen LogP contribution in [0.5, 0.6) is 0 Å². The fourth-order valence-corrected chi connectivity index (χ4v) is 6.18. The minimum absolute atomic E-state index is 0.136. The summed E-state index contributed by atoms with van der Waals surface area (Å²) < 4.78 is 0. The maximum Gasteiger partial charge on any atom is 0.127 e. The van der Waals surface area contributed by atoms with E-state index in [0.29, 0.717) is 6.67 Å². The first-order valence-corrected chi connectivity index (χ1v) is 13.1. The van der Waals surface area contributed by atoms with Crippen molar-refractivity contribution >= 4 is 18.2 Å². The number of likely N-dealkylation sites (N-methyl/N-ethyl adjacent to an activating group) is 1. The maximum atomic E-state index is 4.69. The summed E-state index contributed by atoms with van der Waals surface area (Å²) in [5, 5.41) is 10.8. The lowest BCUT2D eigenvalue weighted by molar-refractivity contribution is 0.223. The van der Waals surface area contributed by atoms with E-state index in [1.807, 2.05) is 12.4 Å². The fraction of sp³-hybridized carbons (Fsp3) is 0.571. The quantitative estimate of drug-likeness (QED) is 0.352. The lowest BCUT2D eigenvalue weighted by Gasteiger charge is -2.42. The van der Waals surface area contributed by atoms with E-state index >= 15 is 0 Å². The zero-order valence-electron chi connectivity index (χ0n) is 21.7. The van der Waals surface area contributed by atoms with Crippen molar-refractivity contribution in [2.75, 3.05) is 63.7 Å². The minimum Gasteiger partial charge on any atom is -0.368 e. The van der Waals surface area contributed by atoms with E-state index in [4.69, 9.17) is 0 Å². The summed E-state index contributed by atoms with van der Waals surface area (Å²) in [5.74, 6) is 0.887. The Labute approximate surface area is 211 Å². The van der Waals surface area contributed by atoms with Crippen molar-refractivity contribution in [2.45, 2.75) is 44.6 Å². The summed E-state index contributed by atoms with van der Waals surface area (Å²) in [6.45, 7) is 13.8. The number of rotatable bonds is 10. The van der Waals surface area contributed by atoms with Crippen LogP contribution in [0.4, 0.5) is 11.5 Å². The molecule has 35 heavy (non-hydrogen) atoms. The lowest BCUT2D eigenvalue weighted by atomic mass is 9.66. The van der Waals surface area contributed by atoms with Crippen LogP contribution in [0.25, 0.3) is 0 Å². The molecule has 1 aliphatic heterocycles. The molecular formula is C28H43N7. The molecule has 0 amide bonds. The van der Waals surface area contributed by atoms with E-state index < -0.39 is 0 Å². The third kappa shape index (κ3) is 5.85. The second kappa shape index (κ2) is 12.0. The number of pyridine rings is 1. The average Bonchev–Trinajstić information content (AvgIpc) is 3.24. The second-order valence-corrected chi connectivity index (χ2v) is 10.3. The Morgan fingerprint density at radius 3 is 2.57 bits per heavy atom. The Bertz CT molecular complexity index is 914. The molecule has 0 bridgehead atoms. The molecule has 0 radical (unpaired) electrons. The van der Waals surface area contributed by atoms with E-state index in [9.17, 15) is 0 Å². The van der Waals surface area contributed by atoms with Crippen LogP contribution in [-0.4, -0.2) is 76.1 Å². The molecule has 7 heteroatoms. The number of hydrogen-bond acceptors (Lipinski definition) is 7. The van der Waals surface area contributed by atoms with Crippen LogP contribution in [0.1, 0.15) is 38.5 Å². The number of hydrogen-bond donors (Lipinski definition) is 3. The smallest absolute Gasteiger partial charge is 0.127 e. The van der Waals surface area contributed by atoms with Crippen molar-refractivity contribution in [1.82, 2.24) is 20.5 Å². The minimum atomic E-state index is 0.136. The zero-order valence-corrected chi connectivity index (χ0v) is 21.7. The molecule has 1 aromatic rings. The SMILES string of the molecule is C=CC1=C(C2(CNC)CCCCC2)C(NCNc2ccc(N3CCN(C)CC3)cn2)/C(=C\N=C)C1. The molecule has 1 atom stereocenters. The molecular weight excluding hydrogens is 434 g/mol. The van der Waals surface area contributed by atoms with Gasteiger partial charge < -0.3 is 20.4 Å². The van der Waals surface area contributed by atoms with E-state index in [2.05, 4.69) is 81.3 Å². The zero-order chi connectivity index (χ0) is 24.7. The van der Waals surface area contributed by atoms with E-state index in [1.165, 1.54) is 54.5 Å². The summed E-state index contributed by atoms with van der Waals surface area (Å²) >= 11 is 0. The second-order valence-electron chi connectivity index (χ2n) is 10.3. The highest BCUT2D eigenvalue weighted by Gasteiger charge is 2.43. The summed E-state index contributed by atoms with van der Waals surface area (Å²) in [5.41, 5.74) is 5.47. The predicted octanol–water partition coefficient (Wildman–Crippen LogP) is 3.80. The number of anilines is 2. The number of allylic oxidation sites excluding steroid dienone is 2. The van der Waals surface area contributed by atoms with Gasteiger partial charge in [-0.1, -0.05) is 31.9 Å². The topological polar surface area (TPSA) is 67.8 Å². The summed E-state index contributed by atoms with van der Waals surface area (Å²) in [4.78, 5) is 13.6. The molecule has 1 saturated heterocycles. The molecule has 3 aliphatic rings. The lowest BCUT2D eigenvalue weighted by Crippen LogP contribution is -2.45. The third-order valence-electron chi connectivity index (χ3n) is 7.99. The molecule has 2 heterocycles. The van der Waals surface area contributed by atoms with Crippen LogP contribution < -0.4 is 20.9 Å². The molecule has 0 spiro atoms. The van der Waals surface area contributed by atoms with Crippen LogP contribution in [-0.2, 0) is 0 Å². The van der Waals surface area contributed by atoms with Gasteiger partial charge in [0.2, 0.25) is 0 Å². The Morgan fingerprint density at radius 2 is 1.94 bits per heavy atom. The average molecular weight is 478 g/mol. The van der Waals surface area contributed by atoms with Gasteiger partial charge in [0, 0.05) is 44.3 Å². The third-order valence-corrected chi connectivity index (χ3v) is 7.99. The van der Waals surface area contributed by atoms with Crippen molar-refractivity contribution in [1.29, 1.82) is 0 Å². The van der Waals surface area contributed by atoms with Crippen LogP contribution in [0.2, 0.25) is 0 Å². The predicted molar refractivity (Wildman–Crippen MR) is 148 cm³/mol. The van der Waals surface area contributed by atoms with E-state index in [1.54, 1.807) is 0 Å². The van der Waals surface area contributed by atoms with Crippen LogP contribution in [0.15, 0.2) is 58.9 Å². The molecule has 2 fully saturated rings. The molecule has 1 aromatic heterocycles. The van der Waals surface area contributed by atoms with Gasteiger partial charge in [0.25, 0.3) is 0 Å². The first-order chi connectivity index (χ1) is 17.1. The number of nitrogens with one attached hydrogen (secondary N) is 3. The van der Waals surface area contributed by atoms with Gasteiger partial charge in [-0.2, -0.15) is 0 Å². The van der Waals surface area contributed by atoms with Gasteiger partial charge in [-0.3, -0.25) is 10.3 Å². The van der Waals surface area contributed by atoms with E-state index in [0.717, 1.165) is 45.0 Å². The standard InChI is InChI=1S/C28H43N7/c1-5-22-17-23(18-29-2)27(26(22)28(20-30-3)11-7-6-8-12-28)33-21-32-25-10-9-24(19-31-25)35-15-13-34(4)14-16-35/h5,9-10,18-19,27,30,33H,1-2,6-8,11-17,20-21H2,3-4H3,(H,31,32)/b23-18-. The van der Waals surface area contributed by atoms with Gasteiger partial charge in [-0.25, -0.2) is 4.98 Å². The Kier molecular flexibility index (Phi) is 8.76. The van der Waals surface area contributed by atoms with E-state index in [-0.39, 0.29) is 11.5 Å². The summed E-state index contributed by atoms with van der Waals surface area (Å²) in [6.07, 6.45) is 13.2. The van der Waals surface area contributed by atoms with Crippen LogP contribution in [0.3, 0.4) is 0 Å². The van der Waals surface area contributed by atoms with Gasteiger partial charge >= 0.3 is 0 Å². The normalized spacial score (nSPS) is 24.1. The Hall–Kier alpha value is -2.48. The molecule has 1 saturated carbocycles. The van der Waals surface area contributed by atoms with Crippen molar-refractivity contribution in [2.24, 2.45) is 10.4 Å². The molecule has 1 unspecified atom stereocenters. The molecule has 7 nitrogen and oxygen atoms in total. The van der Waals surface area contributed by atoms with Crippen molar-refractivity contribution in [3.8, 4) is 0 Å². The summed E-state index contributed by atoms with van der Waals surface area (Å²) in [6, 6.07) is 4.40. The molecule has 3 N–H and O–H groups in total. The number of nitrogens with zero attached hydrogens (tertiary/aromatic N) is 4. The van der Waals surface area contributed by atoms with Gasteiger partial charge in [0.15, 0.2) is 0 Å². The first-order valence-electron chi connectivity index (χ1n) is 13.1. The Balaban J connectivity index is 1.46. The molecule has 190 valence electrons. The number of aliphatic imine (C=N–C) groups is 1. The van der Waals surface area contributed by atoms with Gasteiger partial charge in [-0.15, -0.1) is 0 Å². The Morgan fingerprint density at radius 1 is 1.17 bits per heavy atom. The first kappa shape index (κ1) is 25.6. The highest BCUT2D eigenvalue weighted by molar-refractivity contribution is 5.51. The van der Waals surface area contributed by atoms with Gasteiger partial charge in [0.1, 0.15) is 5.82 Å². The molecule has 0 aromatic carbocycles. The van der Waals surface area contributed by atoms with Crippen molar-refractivity contribution < 1.29 is 0 Å². The maximum absolute atomic E-state index is 4.69.